The number of rotatable bonds is 2. The molecule has 0 aliphatic carbocycles. The predicted octanol–water partition coefficient (Wildman–Crippen LogP) is 3.76. The molecule has 98 valence electrons. The summed E-state index contributed by atoms with van der Waals surface area (Å²) in [5, 5.41) is 3.02. The molecule has 6 heteroatoms. The Morgan fingerprint density at radius 3 is 2.47 bits per heavy atom. The first kappa shape index (κ1) is 14.0. The fourth-order valence-electron chi connectivity index (χ4n) is 1.74. The second-order valence-electron chi connectivity index (χ2n) is 4.10. The molecule has 1 aromatic heterocycles. The smallest absolute Gasteiger partial charge is 0.275 e. The predicted molar refractivity (Wildman–Crippen MR) is 78.6 cm³/mol. The van der Waals surface area contributed by atoms with E-state index < -0.39 is 0 Å². The van der Waals surface area contributed by atoms with Crippen molar-refractivity contribution in [3.05, 3.63) is 51.0 Å². The largest absolute Gasteiger partial charge is 0.320 e. The number of benzene rings is 1. The number of carbonyl (C=O) groups excluding carboxylic acids is 1. The zero-order chi connectivity index (χ0) is 14.0. The van der Waals surface area contributed by atoms with Crippen LogP contribution in [-0.2, 0) is 0 Å². The molecule has 0 atom stereocenters. The number of amides is 1. The Labute approximate surface area is 124 Å². The van der Waals surface area contributed by atoms with Crippen molar-refractivity contribution in [2.75, 3.05) is 5.32 Å². The van der Waals surface area contributed by atoms with Gasteiger partial charge in [-0.1, -0.05) is 27.5 Å². The summed E-state index contributed by atoms with van der Waals surface area (Å²) in [6.07, 6.45) is 2.76. The molecule has 0 saturated heterocycles. The Hall–Kier alpha value is -1.46. The Morgan fingerprint density at radius 2 is 1.89 bits per heavy atom. The molecular weight excluding hydrogens is 330 g/mol. The van der Waals surface area contributed by atoms with Gasteiger partial charge in [-0.2, -0.15) is 0 Å². The Bertz CT molecular complexity index is 623. The summed E-state index contributed by atoms with van der Waals surface area (Å²) in [7, 11) is 0. The second kappa shape index (κ2) is 5.67. The summed E-state index contributed by atoms with van der Waals surface area (Å²) in [6.45, 7) is 3.86. The number of hydrogen-bond acceptors (Lipinski definition) is 3. The summed E-state index contributed by atoms with van der Waals surface area (Å²) in [6, 6.07) is 3.87. The van der Waals surface area contributed by atoms with Gasteiger partial charge in [0, 0.05) is 10.2 Å². The molecule has 1 amide bonds. The van der Waals surface area contributed by atoms with Crippen LogP contribution in [0.2, 0.25) is 5.15 Å². The maximum Gasteiger partial charge on any atom is 0.275 e. The molecule has 1 N–H and O–H groups in total. The molecule has 2 rings (SSSR count). The summed E-state index contributed by atoms with van der Waals surface area (Å²) in [5.41, 5.74) is 2.90. The number of hydrogen-bond donors (Lipinski definition) is 1. The molecule has 0 spiro atoms. The van der Waals surface area contributed by atoms with Gasteiger partial charge >= 0.3 is 0 Å². The van der Waals surface area contributed by atoms with Gasteiger partial charge in [0.25, 0.3) is 5.91 Å². The van der Waals surface area contributed by atoms with E-state index in [4.69, 9.17) is 11.6 Å². The van der Waals surface area contributed by atoms with Crippen molar-refractivity contribution in [3.63, 3.8) is 0 Å². The Balaban J connectivity index is 2.29. The van der Waals surface area contributed by atoms with Gasteiger partial charge in [0.2, 0.25) is 0 Å². The third-order valence-corrected chi connectivity index (χ3v) is 3.21. The summed E-state index contributed by atoms with van der Waals surface area (Å²) >= 11 is 9.13. The van der Waals surface area contributed by atoms with Crippen molar-refractivity contribution in [2.45, 2.75) is 13.8 Å². The topological polar surface area (TPSA) is 54.9 Å². The molecule has 19 heavy (non-hydrogen) atoms. The number of anilines is 1. The standard InChI is InChI=1S/C13H11BrClN3O/c1-7-3-9(14)4-8(2)12(7)18-13(19)10-5-16-6-11(15)17-10/h3-6H,1-2H3,(H,18,19). The van der Waals surface area contributed by atoms with Crippen LogP contribution >= 0.6 is 27.5 Å². The lowest BCUT2D eigenvalue weighted by Gasteiger charge is -2.12. The zero-order valence-corrected chi connectivity index (χ0v) is 12.7. The normalized spacial score (nSPS) is 10.3. The van der Waals surface area contributed by atoms with Gasteiger partial charge in [-0.25, -0.2) is 4.98 Å². The maximum absolute atomic E-state index is 12.1. The molecule has 0 radical (unpaired) electrons. The van der Waals surface area contributed by atoms with E-state index >= 15 is 0 Å². The van der Waals surface area contributed by atoms with Crippen molar-refractivity contribution in [3.8, 4) is 0 Å². The first-order chi connectivity index (χ1) is 8.97. The van der Waals surface area contributed by atoms with Crippen molar-refractivity contribution < 1.29 is 4.79 Å². The average molecular weight is 341 g/mol. The van der Waals surface area contributed by atoms with Crippen LogP contribution in [0.15, 0.2) is 29.0 Å². The molecular formula is C13H11BrClN3O. The molecule has 4 nitrogen and oxygen atoms in total. The molecule has 2 aromatic rings. The Morgan fingerprint density at radius 1 is 1.26 bits per heavy atom. The lowest BCUT2D eigenvalue weighted by atomic mass is 10.1. The van der Waals surface area contributed by atoms with Gasteiger partial charge in [0.05, 0.1) is 12.4 Å². The zero-order valence-electron chi connectivity index (χ0n) is 10.4. The van der Waals surface area contributed by atoms with Crippen molar-refractivity contribution >= 4 is 39.1 Å². The molecule has 1 heterocycles. The first-order valence-electron chi connectivity index (χ1n) is 5.53. The summed E-state index contributed by atoms with van der Waals surface area (Å²) in [5.74, 6) is -0.330. The number of halogens is 2. The highest BCUT2D eigenvalue weighted by Crippen LogP contribution is 2.25. The van der Waals surface area contributed by atoms with Gasteiger partial charge in [-0.05, 0) is 37.1 Å². The fraction of sp³-hybridized carbons (Fsp3) is 0.154. The molecule has 0 bridgehead atoms. The van der Waals surface area contributed by atoms with Gasteiger partial charge in [-0.15, -0.1) is 0 Å². The molecule has 0 saturated carbocycles. The summed E-state index contributed by atoms with van der Waals surface area (Å²) < 4.78 is 0.975. The van der Waals surface area contributed by atoms with Gasteiger partial charge in [0.15, 0.2) is 0 Å². The van der Waals surface area contributed by atoms with Crippen LogP contribution in [0.4, 0.5) is 5.69 Å². The lowest BCUT2D eigenvalue weighted by molar-refractivity contribution is 0.102. The quantitative estimate of drug-likeness (QED) is 0.905. The van der Waals surface area contributed by atoms with E-state index in [2.05, 4.69) is 31.2 Å². The van der Waals surface area contributed by atoms with Crippen molar-refractivity contribution in [1.82, 2.24) is 9.97 Å². The first-order valence-corrected chi connectivity index (χ1v) is 6.70. The van der Waals surface area contributed by atoms with E-state index in [9.17, 15) is 4.79 Å². The average Bonchev–Trinajstić information content (AvgIpc) is 2.33. The molecule has 0 aliphatic rings. The second-order valence-corrected chi connectivity index (χ2v) is 5.40. The highest BCUT2D eigenvalue weighted by atomic mass is 79.9. The fourth-order valence-corrected chi connectivity index (χ4v) is 2.57. The van der Waals surface area contributed by atoms with E-state index in [1.807, 2.05) is 26.0 Å². The summed E-state index contributed by atoms with van der Waals surface area (Å²) in [4.78, 5) is 19.8. The van der Waals surface area contributed by atoms with Crippen LogP contribution in [-0.4, -0.2) is 15.9 Å². The monoisotopic (exact) mass is 339 g/mol. The minimum atomic E-state index is -0.330. The molecule has 0 fully saturated rings. The highest BCUT2D eigenvalue weighted by molar-refractivity contribution is 9.10. The van der Waals surface area contributed by atoms with Crippen LogP contribution in [0, 0.1) is 13.8 Å². The van der Waals surface area contributed by atoms with Crippen molar-refractivity contribution in [1.29, 1.82) is 0 Å². The number of nitrogens with zero attached hydrogens (tertiary/aromatic N) is 2. The van der Waals surface area contributed by atoms with E-state index in [0.29, 0.717) is 0 Å². The minimum absolute atomic E-state index is 0.189. The lowest BCUT2D eigenvalue weighted by Crippen LogP contribution is -2.15. The van der Waals surface area contributed by atoms with Crippen molar-refractivity contribution in [2.24, 2.45) is 0 Å². The number of nitrogens with one attached hydrogen (secondary N) is 1. The third-order valence-electron chi connectivity index (χ3n) is 2.57. The van der Waals surface area contributed by atoms with Crippen LogP contribution < -0.4 is 5.32 Å². The van der Waals surface area contributed by atoms with E-state index in [1.54, 1.807) is 0 Å². The van der Waals surface area contributed by atoms with Crippen LogP contribution in [0.3, 0.4) is 0 Å². The van der Waals surface area contributed by atoms with Crippen LogP contribution in [0.1, 0.15) is 21.6 Å². The van der Waals surface area contributed by atoms with E-state index in [-0.39, 0.29) is 16.8 Å². The number of carbonyl (C=O) groups is 1. The maximum atomic E-state index is 12.1. The van der Waals surface area contributed by atoms with Gasteiger partial charge in [-0.3, -0.25) is 9.78 Å². The number of aromatic nitrogens is 2. The SMILES string of the molecule is Cc1cc(Br)cc(C)c1NC(=O)c1cncc(Cl)n1. The van der Waals surface area contributed by atoms with Crippen LogP contribution in [0.5, 0.6) is 0 Å². The minimum Gasteiger partial charge on any atom is -0.320 e. The van der Waals surface area contributed by atoms with Gasteiger partial charge in [0.1, 0.15) is 10.8 Å². The molecule has 0 unspecified atom stereocenters. The van der Waals surface area contributed by atoms with E-state index in [1.165, 1.54) is 12.4 Å². The molecule has 0 aliphatic heterocycles. The molecule has 1 aromatic carbocycles. The van der Waals surface area contributed by atoms with Crippen LogP contribution in [0.25, 0.3) is 0 Å². The van der Waals surface area contributed by atoms with E-state index in [0.717, 1.165) is 21.3 Å². The van der Waals surface area contributed by atoms with Gasteiger partial charge < -0.3 is 5.32 Å². The highest BCUT2D eigenvalue weighted by Gasteiger charge is 2.12. The number of aryl methyl sites for hydroxylation is 2. The Kier molecular flexibility index (Phi) is 4.17. The third kappa shape index (κ3) is 3.30.